The van der Waals surface area contributed by atoms with Crippen LogP contribution in [-0.2, 0) is 23.7 Å². The Balaban J connectivity index is 2.74. The number of methoxy groups -OCH3 is 4. The van der Waals surface area contributed by atoms with Crippen LogP contribution >= 0.6 is 0 Å². The van der Waals surface area contributed by atoms with E-state index in [0.717, 1.165) is 19.4 Å². The Bertz CT molecular complexity index is 178. The molecule has 6 heteroatoms. The zero-order valence-electron chi connectivity index (χ0n) is 11.2. The summed E-state index contributed by atoms with van der Waals surface area (Å²) in [5.41, 5.74) is 0.193. The van der Waals surface area contributed by atoms with Crippen LogP contribution in [0.5, 0.6) is 0 Å². The monoisotopic (exact) mass is 264 g/mol. The van der Waals surface area contributed by atoms with Gasteiger partial charge in [-0.2, -0.15) is 0 Å². The second-order valence-corrected chi connectivity index (χ2v) is 7.15. The fourth-order valence-electron chi connectivity index (χ4n) is 2.37. The van der Waals surface area contributed by atoms with Gasteiger partial charge in [-0.25, -0.2) is 0 Å². The average Bonchev–Trinajstić information content (AvgIpc) is 2.40. The molecule has 1 unspecified atom stereocenters. The SMILES string of the molecule is COC(OC)[SiH](C1CCCCO1)C(OC)OC. The standard InChI is InChI=1S/C11H24O5Si/c1-12-10(13-2)17(11(14-3)15-4)9-7-5-6-8-16-9/h9-11,17H,5-8H2,1-4H3. The minimum atomic E-state index is -1.66. The molecule has 0 spiro atoms. The first-order chi connectivity index (χ1) is 8.28. The fraction of sp³-hybridized carbons (Fsp3) is 1.00. The Labute approximate surface area is 105 Å². The zero-order chi connectivity index (χ0) is 12.7. The molecule has 1 atom stereocenters. The van der Waals surface area contributed by atoms with E-state index in [-0.39, 0.29) is 17.6 Å². The molecule has 0 saturated carbocycles. The Morgan fingerprint density at radius 3 is 1.82 bits per heavy atom. The smallest absolute Gasteiger partial charge is 0.202 e. The van der Waals surface area contributed by atoms with Crippen molar-refractivity contribution in [2.45, 2.75) is 36.8 Å². The first kappa shape index (κ1) is 15.1. The molecule has 0 aromatic heterocycles. The molecule has 0 aromatic rings. The van der Waals surface area contributed by atoms with Crippen LogP contribution in [0.4, 0.5) is 0 Å². The summed E-state index contributed by atoms with van der Waals surface area (Å²) < 4.78 is 27.4. The first-order valence-electron chi connectivity index (χ1n) is 6.01. The molecule has 1 saturated heterocycles. The summed E-state index contributed by atoms with van der Waals surface area (Å²) in [5, 5.41) is 0. The normalized spacial score (nSPS) is 21.7. The van der Waals surface area contributed by atoms with E-state index in [2.05, 4.69) is 0 Å². The number of ether oxygens (including phenoxy) is 5. The molecule has 0 aliphatic carbocycles. The van der Waals surface area contributed by atoms with Crippen LogP contribution in [0.25, 0.3) is 0 Å². The van der Waals surface area contributed by atoms with Crippen molar-refractivity contribution in [3.8, 4) is 0 Å². The molecule has 5 nitrogen and oxygen atoms in total. The van der Waals surface area contributed by atoms with Crippen LogP contribution in [0, 0.1) is 0 Å². The minimum absolute atomic E-state index is 0.193. The molecular formula is C11H24O5Si. The lowest BCUT2D eigenvalue weighted by molar-refractivity contribution is -0.0947. The maximum absolute atomic E-state index is 5.85. The summed E-state index contributed by atoms with van der Waals surface area (Å²) in [6.07, 6.45) is 3.37. The van der Waals surface area contributed by atoms with Gasteiger partial charge in [0.25, 0.3) is 0 Å². The predicted octanol–water partition coefficient (Wildman–Crippen LogP) is 0.638. The molecule has 0 N–H and O–H groups in total. The van der Waals surface area contributed by atoms with E-state index in [1.54, 1.807) is 28.4 Å². The minimum Gasteiger partial charge on any atom is -0.381 e. The van der Waals surface area contributed by atoms with Gasteiger partial charge in [-0.1, -0.05) is 0 Å². The summed E-state index contributed by atoms with van der Waals surface area (Å²) in [6, 6.07) is 0. The highest BCUT2D eigenvalue weighted by Gasteiger charge is 2.41. The third-order valence-corrected chi connectivity index (χ3v) is 6.93. The van der Waals surface area contributed by atoms with E-state index in [0.29, 0.717) is 0 Å². The lowest BCUT2D eigenvalue weighted by Gasteiger charge is -2.36. The van der Waals surface area contributed by atoms with E-state index in [1.807, 2.05) is 0 Å². The van der Waals surface area contributed by atoms with Gasteiger partial charge in [0.05, 0.1) is 5.73 Å². The summed E-state index contributed by atoms with van der Waals surface area (Å²) in [5.74, 6) is -0.494. The molecule has 1 rings (SSSR count). The van der Waals surface area contributed by atoms with Gasteiger partial charge in [-0.05, 0) is 19.3 Å². The fourth-order valence-corrected chi connectivity index (χ4v) is 5.56. The molecule has 1 heterocycles. The van der Waals surface area contributed by atoms with Crippen LogP contribution in [0.2, 0.25) is 0 Å². The predicted molar refractivity (Wildman–Crippen MR) is 66.4 cm³/mol. The molecule has 102 valence electrons. The Kier molecular flexibility index (Phi) is 7.25. The van der Waals surface area contributed by atoms with Crippen molar-refractivity contribution in [2.24, 2.45) is 0 Å². The van der Waals surface area contributed by atoms with Gasteiger partial charge in [0.1, 0.15) is 11.8 Å². The van der Waals surface area contributed by atoms with E-state index >= 15 is 0 Å². The second-order valence-electron chi connectivity index (χ2n) is 4.16. The van der Waals surface area contributed by atoms with Gasteiger partial charge in [0, 0.05) is 35.0 Å². The van der Waals surface area contributed by atoms with Crippen LogP contribution in [-0.4, -0.2) is 61.4 Å². The first-order valence-corrected chi connectivity index (χ1v) is 8.01. The maximum Gasteiger partial charge on any atom is 0.202 e. The molecule has 17 heavy (non-hydrogen) atoms. The van der Waals surface area contributed by atoms with Crippen molar-refractivity contribution in [1.82, 2.24) is 0 Å². The highest BCUT2D eigenvalue weighted by atomic mass is 28.3. The summed E-state index contributed by atoms with van der Waals surface area (Å²) in [4.78, 5) is 0. The molecule has 0 amide bonds. The third kappa shape index (κ3) is 4.01. The molecule has 0 radical (unpaired) electrons. The van der Waals surface area contributed by atoms with Crippen LogP contribution < -0.4 is 0 Å². The largest absolute Gasteiger partial charge is 0.381 e. The van der Waals surface area contributed by atoms with Crippen molar-refractivity contribution in [3.63, 3.8) is 0 Å². The van der Waals surface area contributed by atoms with Crippen molar-refractivity contribution >= 4 is 8.80 Å². The summed E-state index contributed by atoms with van der Waals surface area (Å²) in [7, 11) is 4.95. The molecule has 0 aromatic carbocycles. The number of hydrogen-bond donors (Lipinski definition) is 0. The van der Waals surface area contributed by atoms with Gasteiger partial charge < -0.3 is 23.7 Å². The Hall–Kier alpha value is 0.0169. The van der Waals surface area contributed by atoms with Gasteiger partial charge >= 0.3 is 0 Å². The van der Waals surface area contributed by atoms with Crippen molar-refractivity contribution in [1.29, 1.82) is 0 Å². The average molecular weight is 264 g/mol. The molecule has 1 fully saturated rings. The number of hydrogen-bond acceptors (Lipinski definition) is 5. The van der Waals surface area contributed by atoms with E-state index in [1.165, 1.54) is 6.42 Å². The van der Waals surface area contributed by atoms with Gasteiger partial charge in [0.15, 0.2) is 0 Å². The highest BCUT2D eigenvalue weighted by molar-refractivity contribution is 6.62. The third-order valence-electron chi connectivity index (χ3n) is 3.20. The maximum atomic E-state index is 5.85. The Morgan fingerprint density at radius 1 is 0.941 bits per heavy atom. The second kappa shape index (κ2) is 8.18. The molecule has 1 aliphatic rings. The van der Waals surface area contributed by atoms with E-state index < -0.39 is 8.80 Å². The van der Waals surface area contributed by atoms with Crippen molar-refractivity contribution in [3.05, 3.63) is 0 Å². The van der Waals surface area contributed by atoms with Crippen molar-refractivity contribution in [2.75, 3.05) is 35.0 Å². The van der Waals surface area contributed by atoms with Gasteiger partial charge in [0.2, 0.25) is 8.80 Å². The lowest BCUT2D eigenvalue weighted by atomic mass is 10.2. The quantitative estimate of drug-likeness (QED) is 0.499. The van der Waals surface area contributed by atoms with Crippen molar-refractivity contribution < 1.29 is 23.7 Å². The van der Waals surface area contributed by atoms with E-state index in [9.17, 15) is 0 Å². The molecular weight excluding hydrogens is 240 g/mol. The topological polar surface area (TPSA) is 46.2 Å². The lowest BCUT2D eigenvalue weighted by Crippen LogP contribution is -2.56. The van der Waals surface area contributed by atoms with Crippen LogP contribution in [0.15, 0.2) is 0 Å². The Morgan fingerprint density at radius 2 is 1.47 bits per heavy atom. The molecule has 1 aliphatic heterocycles. The molecule has 0 bridgehead atoms. The van der Waals surface area contributed by atoms with Gasteiger partial charge in [-0.15, -0.1) is 0 Å². The van der Waals surface area contributed by atoms with Crippen LogP contribution in [0.3, 0.4) is 0 Å². The summed E-state index contributed by atoms with van der Waals surface area (Å²) in [6.45, 7) is 0.814. The van der Waals surface area contributed by atoms with Crippen LogP contribution in [0.1, 0.15) is 19.3 Å². The number of rotatable bonds is 7. The highest BCUT2D eigenvalue weighted by Crippen LogP contribution is 2.21. The summed E-state index contributed by atoms with van der Waals surface area (Å²) >= 11 is 0. The van der Waals surface area contributed by atoms with E-state index in [4.69, 9.17) is 23.7 Å². The zero-order valence-corrected chi connectivity index (χ0v) is 12.3. The van der Waals surface area contributed by atoms with Gasteiger partial charge in [-0.3, -0.25) is 0 Å².